The van der Waals surface area contributed by atoms with Crippen LogP contribution in [0.1, 0.15) is 44.9 Å². The lowest BCUT2D eigenvalue weighted by atomic mass is 9.86. The second-order valence-electron chi connectivity index (χ2n) is 10.4. The number of carboxylic acids is 1. The van der Waals surface area contributed by atoms with Gasteiger partial charge in [0.25, 0.3) is 11.5 Å². The van der Waals surface area contributed by atoms with Crippen molar-refractivity contribution in [2.75, 3.05) is 5.32 Å². The predicted octanol–water partition coefficient (Wildman–Crippen LogP) is 4.19. The molecular weight excluding hydrogens is 565 g/mol. The molecule has 0 bridgehead atoms. The summed E-state index contributed by atoms with van der Waals surface area (Å²) < 4.78 is 39.5. The van der Waals surface area contributed by atoms with Gasteiger partial charge >= 0.3 is 18.2 Å². The van der Waals surface area contributed by atoms with Crippen LogP contribution < -0.4 is 5.32 Å². The average Bonchev–Trinajstić information content (AvgIpc) is 3.52. The van der Waals surface area contributed by atoms with E-state index in [9.17, 15) is 19.5 Å². The number of alkyl halides is 1. The molecule has 2 aliphatic rings. The van der Waals surface area contributed by atoms with Gasteiger partial charge in [-0.15, -0.1) is 6.42 Å². The van der Waals surface area contributed by atoms with Crippen molar-refractivity contribution in [1.29, 1.82) is 0 Å². The second-order valence-corrected chi connectivity index (χ2v) is 10.8. The zero-order valence-corrected chi connectivity index (χ0v) is 22.6. The minimum absolute atomic E-state index is 0.0151. The first-order chi connectivity index (χ1) is 19.3. The number of nitrogens with one attached hydrogen (secondary N) is 1. The molecule has 13 nitrogen and oxygen atoms in total. The number of carbonyl (C=O) groups excluding carboxylic acids is 2. The molecule has 2 aliphatic heterocycles. The number of halogens is 2. The van der Waals surface area contributed by atoms with Crippen LogP contribution in [0.25, 0.3) is 11.2 Å². The van der Waals surface area contributed by atoms with Crippen LogP contribution in [0.15, 0.2) is 36.9 Å². The Hall–Kier alpha value is -4.48. The molecule has 41 heavy (non-hydrogen) atoms. The zero-order chi connectivity index (χ0) is 29.7. The normalized spacial score (nSPS) is 26.0. The number of carbonyl (C=O) groups is 3. The van der Waals surface area contributed by atoms with Gasteiger partial charge in [0.2, 0.25) is 6.10 Å². The maximum Gasteiger partial charge on any atom is 0.510 e. The van der Waals surface area contributed by atoms with Crippen LogP contribution in [0.5, 0.6) is 0 Å². The van der Waals surface area contributed by atoms with Gasteiger partial charge in [0.05, 0.1) is 12.2 Å². The van der Waals surface area contributed by atoms with Crippen molar-refractivity contribution >= 4 is 46.8 Å². The number of hydrogen-bond donors (Lipinski definition) is 2. The third kappa shape index (κ3) is 4.98. The molecule has 2 saturated heterocycles. The van der Waals surface area contributed by atoms with Crippen molar-refractivity contribution in [3.63, 3.8) is 0 Å². The van der Waals surface area contributed by atoms with E-state index < -0.39 is 59.9 Å². The summed E-state index contributed by atoms with van der Waals surface area (Å²) in [6.07, 6.45) is 1.66. The lowest BCUT2D eigenvalue weighted by Gasteiger charge is -2.26. The van der Waals surface area contributed by atoms with Crippen molar-refractivity contribution in [2.45, 2.75) is 62.5 Å². The van der Waals surface area contributed by atoms with Crippen LogP contribution in [0, 0.1) is 12.3 Å². The van der Waals surface area contributed by atoms with Crippen molar-refractivity contribution in [1.82, 2.24) is 19.5 Å². The van der Waals surface area contributed by atoms with Crippen LogP contribution in [-0.2, 0) is 23.7 Å². The number of carboxylic acid groups (broad SMARTS) is 1. The highest BCUT2D eigenvalue weighted by Crippen LogP contribution is 2.55. The SMILES string of the molecule is C#C[C@@]12OC(=O)O[C@@H]1[C@@](F)(CC(C(=O)O)c1cccc(Cl)c1)O[C@H]2n1cnc2c(NC(=O)OC(C)(C)C)ncnc21. The van der Waals surface area contributed by atoms with Crippen LogP contribution >= 0.6 is 11.6 Å². The van der Waals surface area contributed by atoms with Crippen molar-refractivity contribution < 1.29 is 42.8 Å². The van der Waals surface area contributed by atoms with Crippen LogP contribution in [0.4, 0.5) is 19.8 Å². The standard InChI is InChI=1S/C26H23ClFN5O8/c1-5-25-20(38-23(37)41-25)26(28,10-15(19(34)35)13-7-6-8-14(27)9-13)39-21(25)33-12-31-16-17(29-11-30-18(16)33)32-22(36)40-24(2,3)4/h1,6-9,11-12,15,20-21H,10H2,2-4H3,(H,34,35)(H,29,30,32,36)/t15?,20-,21+,25+,26+/m0/s1. The van der Waals surface area contributed by atoms with Crippen molar-refractivity contribution in [3.05, 3.63) is 47.5 Å². The lowest BCUT2D eigenvalue weighted by Crippen LogP contribution is -2.47. The molecule has 5 atom stereocenters. The van der Waals surface area contributed by atoms with E-state index >= 15 is 4.39 Å². The number of fused-ring (bicyclic) bond motifs is 2. The average molecular weight is 588 g/mol. The Morgan fingerprint density at radius 1 is 1.34 bits per heavy atom. The Balaban J connectivity index is 1.54. The first-order valence-corrected chi connectivity index (χ1v) is 12.5. The highest BCUT2D eigenvalue weighted by molar-refractivity contribution is 6.30. The summed E-state index contributed by atoms with van der Waals surface area (Å²) in [6, 6.07) is 5.89. The monoisotopic (exact) mass is 587 g/mol. The van der Waals surface area contributed by atoms with Gasteiger partial charge in [-0.3, -0.25) is 14.7 Å². The number of imidazole rings is 1. The van der Waals surface area contributed by atoms with Gasteiger partial charge in [-0.1, -0.05) is 23.7 Å². The summed E-state index contributed by atoms with van der Waals surface area (Å²) in [4.78, 5) is 49.3. The minimum atomic E-state index is -2.95. The fourth-order valence-electron chi connectivity index (χ4n) is 4.78. The minimum Gasteiger partial charge on any atom is -0.481 e. The van der Waals surface area contributed by atoms with Crippen molar-refractivity contribution in [2.24, 2.45) is 0 Å². The van der Waals surface area contributed by atoms with Gasteiger partial charge < -0.3 is 24.1 Å². The predicted molar refractivity (Wildman–Crippen MR) is 139 cm³/mol. The van der Waals surface area contributed by atoms with E-state index in [0.717, 1.165) is 6.33 Å². The van der Waals surface area contributed by atoms with Gasteiger partial charge in [0, 0.05) is 11.4 Å². The Morgan fingerprint density at radius 3 is 2.76 bits per heavy atom. The van der Waals surface area contributed by atoms with Crippen molar-refractivity contribution in [3.8, 4) is 12.3 Å². The number of benzene rings is 1. The first-order valence-electron chi connectivity index (χ1n) is 12.2. The maximum absolute atomic E-state index is 16.8. The Bertz CT molecular complexity index is 1600. The van der Waals surface area contributed by atoms with Gasteiger partial charge in [-0.05, 0) is 44.4 Å². The number of anilines is 1. The van der Waals surface area contributed by atoms with E-state index in [1.807, 2.05) is 0 Å². The van der Waals surface area contributed by atoms with Gasteiger partial charge in [-0.25, -0.2) is 28.9 Å². The molecule has 5 rings (SSSR count). The molecule has 15 heteroatoms. The number of nitrogens with zero attached hydrogens (tertiary/aromatic N) is 4. The molecule has 0 saturated carbocycles. The number of rotatable bonds is 6. The smallest absolute Gasteiger partial charge is 0.481 e. The molecule has 0 radical (unpaired) electrons. The highest BCUT2D eigenvalue weighted by Gasteiger charge is 2.74. The van der Waals surface area contributed by atoms with E-state index in [1.54, 1.807) is 20.8 Å². The molecule has 2 fully saturated rings. The van der Waals surface area contributed by atoms with E-state index in [2.05, 4.69) is 26.2 Å². The maximum atomic E-state index is 16.8. The molecule has 1 amide bonds. The summed E-state index contributed by atoms with van der Waals surface area (Å²) in [5.74, 6) is -3.57. The molecule has 2 aromatic heterocycles. The third-order valence-electron chi connectivity index (χ3n) is 6.41. The number of hydrogen-bond acceptors (Lipinski definition) is 10. The molecule has 0 spiro atoms. The lowest BCUT2D eigenvalue weighted by molar-refractivity contribution is -0.200. The van der Waals surface area contributed by atoms with Crippen LogP contribution in [0.3, 0.4) is 0 Å². The molecule has 3 aromatic rings. The fourth-order valence-corrected chi connectivity index (χ4v) is 4.98. The fraction of sp³-hybridized carbons (Fsp3) is 0.385. The molecule has 4 heterocycles. The molecular formula is C26H23ClFN5O8. The number of aromatic nitrogens is 4. The zero-order valence-electron chi connectivity index (χ0n) is 21.8. The largest absolute Gasteiger partial charge is 0.510 e. The summed E-state index contributed by atoms with van der Waals surface area (Å²) in [5, 5.41) is 12.7. The number of terminal acetylenes is 1. The van der Waals surface area contributed by atoms with E-state index in [0.29, 0.717) is 0 Å². The Morgan fingerprint density at radius 2 is 2.10 bits per heavy atom. The summed E-state index contributed by atoms with van der Waals surface area (Å²) >= 11 is 6.03. The van der Waals surface area contributed by atoms with E-state index in [1.165, 1.54) is 35.2 Å². The number of aliphatic carboxylic acids is 1. The summed E-state index contributed by atoms with van der Waals surface area (Å²) in [6.45, 7) is 5.04. The van der Waals surface area contributed by atoms with E-state index in [4.69, 9.17) is 37.0 Å². The summed E-state index contributed by atoms with van der Waals surface area (Å²) in [7, 11) is 0. The highest BCUT2D eigenvalue weighted by atomic mass is 35.5. The van der Waals surface area contributed by atoms with Gasteiger partial charge in [0.1, 0.15) is 11.9 Å². The first kappa shape index (κ1) is 28.1. The second kappa shape index (κ2) is 9.86. The van der Waals surface area contributed by atoms with E-state index in [-0.39, 0.29) is 27.6 Å². The van der Waals surface area contributed by atoms with Crippen LogP contribution in [-0.4, -0.2) is 66.0 Å². The quantitative estimate of drug-likeness (QED) is 0.314. The van der Waals surface area contributed by atoms with Gasteiger partial charge in [-0.2, -0.15) is 0 Å². The molecule has 1 aromatic carbocycles. The Kier molecular flexibility index (Phi) is 6.75. The number of amides is 1. The number of ether oxygens (including phenoxy) is 4. The third-order valence-corrected chi connectivity index (χ3v) is 6.64. The summed E-state index contributed by atoms with van der Waals surface area (Å²) in [5.41, 5.74) is -2.72. The molecule has 0 aliphatic carbocycles. The topological polar surface area (TPSA) is 164 Å². The molecule has 1 unspecified atom stereocenters. The molecule has 2 N–H and O–H groups in total. The van der Waals surface area contributed by atoms with Gasteiger partial charge in [0.15, 0.2) is 23.2 Å². The Labute approximate surface area is 236 Å². The van der Waals surface area contributed by atoms with Crippen LogP contribution in [0.2, 0.25) is 5.02 Å². The molecule has 214 valence electrons.